The Hall–Kier alpha value is -4.62. The van der Waals surface area contributed by atoms with E-state index >= 15 is 0 Å². The first-order valence-corrected chi connectivity index (χ1v) is 12.0. The zero-order valence-electron chi connectivity index (χ0n) is 19.0. The van der Waals surface area contributed by atoms with Gasteiger partial charge in [-0.15, -0.1) is 0 Å². The van der Waals surface area contributed by atoms with Gasteiger partial charge in [0.1, 0.15) is 11.5 Å². The van der Waals surface area contributed by atoms with Gasteiger partial charge in [-0.3, -0.25) is 0 Å². The van der Waals surface area contributed by atoms with Gasteiger partial charge in [-0.25, -0.2) is 0 Å². The standard InChI is InChI=1S/C34H20O/c1-2-8-24-20-30-25(19-23(24)7-1)18-17-22-10-4-12-26(32(22)30)28-14-6-15-29-27-13-3-9-21-11-5-16-31(33(21)27)35-34(28)29/h1-20H. The van der Waals surface area contributed by atoms with E-state index in [9.17, 15) is 0 Å². The third-order valence-electron chi connectivity index (χ3n) is 7.40. The van der Waals surface area contributed by atoms with E-state index in [0.717, 1.165) is 22.6 Å². The van der Waals surface area contributed by atoms with Crippen molar-refractivity contribution in [3.05, 3.63) is 121 Å². The van der Waals surface area contributed by atoms with Crippen molar-refractivity contribution in [3.63, 3.8) is 0 Å². The van der Waals surface area contributed by atoms with Gasteiger partial charge in [0, 0.05) is 16.5 Å². The number of rotatable bonds is 1. The maximum absolute atomic E-state index is 6.67. The minimum atomic E-state index is 0.925. The van der Waals surface area contributed by atoms with Crippen LogP contribution in [0.5, 0.6) is 11.5 Å². The number of para-hydroxylation sites is 1. The van der Waals surface area contributed by atoms with Crippen molar-refractivity contribution in [2.45, 2.75) is 0 Å². The molecule has 0 spiro atoms. The van der Waals surface area contributed by atoms with E-state index in [0.29, 0.717) is 0 Å². The van der Waals surface area contributed by atoms with E-state index in [2.05, 4.69) is 121 Å². The van der Waals surface area contributed by atoms with E-state index in [1.54, 1.807) is 0 Å². The molecule has 0 aliphatic carbocycles. The molecule has 0 saturated carbocycles. The molecule has 7 aromatic carbocycles. The van der Waals surface area contributed by atoms with Crippen molar-refractivity contribution in [2.75, 3.05) is 0 Å². The first-order valence-electron chi connectivity index (χ1n) is 12.0. The molecule has 35 heavy (non-hydrogen) atoms. The van der Waals surface area contributed by atoms with Crippen molar-refractivity contribution in [3.8, 4) is 33.8 Å². The summed E-state index contributed by atoms with van der Waals surface area (Å²) in [6, 6.07) is 43.6. The Morgan fingerprint density at radius 2 is 0.914 bits per heavy atom. The molecule has 0 unspecified atom stereocenters. The molecule has 1 heterocycles. The van der Waals surface area contributed by atoms with Gasteiger partial charge in [0.25, 0.3) is 0 Å². The second-order valence-corrected chi connectivity index (χ2v) is 9.33. The molecule has 7 aromatic rings. The first kappa shape index (κ1) is 18.8. The molecule has 0 bridgehead atoms. The molecule has 0 radical (unpaired) electrons. The molecule has 0 N–H and O–H groups in total. The molecule has 162 valence electrons. The normalized spacial score (nSPS) is 12.2. The highest BCUT2D eigenvalue weighted by atomic mass is 16.5. The maximum Gasteiger partial charge on any atom is 0.143 e. The number of benzene rings is 7. The fourth-order valence-corrected chi connectivity index (χ4v) is 5.82. The predicted molar refractivity (Wildman–Crippen MR) is 147 cm³/mol. The number of fused-ring (bicyclic) bond motifs is 6. The Morgan fingerprint density at radius 1 is 0.371 bits per heavy atom. The van der Waals surface area contributed by atoms with Gasteiger partial charge in [0.05, 0.1) is 0 Å². The summed E-state index contributed by atoms with van der Waals surface area (Å²) in [7, 11) is 0. The van der Waals surface area contributed by atoms with Crippen molar-refractivity contribution in [2.24, 2.45) is 0 Å². The Labute approximate surface area is 202 Å². The predicted octanol–water partition coefficient (Wildman–Crippen LogP) is 9.74. The summed E-state index contributed by atoms with van der Waals surface area (Å²) in [6.07, 6.45) is 0. The van der Waals surface area contributed by atoms with E-state index in [4.69, 9.17) is 4.74 Å². The summed E-state index contributed by atoms with van der Waals surface area (Å²) in [5.74, 6) is 1.86. The van der Waals surface area contributed by atoms with Crippen LogP contribution in [0.3, 0.4) is 0 Å². The summed E-state index contributed by atoms with van der Waals surface area (Å²) in [5.41, 5.74) is 4.71. The van der Waals surface area contributed by atoms with Crippen molar-refractivity contribution in [1.29, 1.82) is 0 Å². The second-order valence-electron chi connectivity index (χ2n) is 9.33. The van der Waals surface area contributed by atoms with Gasteiger partial charge in [-0.05, 0) is 67.0 Å². The van der Waals surface area contributed by atoms with Crippen molar-refractivity contribution in [1.82, 2.24) is 0 Å². The highest BCUT2D eigenvalue weighted by molar-refractivity contribution is 6.18. The zero-order valence-corrected chi connectivity index (χ0v) is 19.0. The molecule has 1 heteroatoms. The summed E-state index contributed by atoms with van der Waals surface area (Å²) in [4.78, 5) is 0. The lowest BCUT2D eigenvalue weighted by Crippen LogP contribution is -1.99. The van der Waals surface area contributed by atoms with E-state index < -0.39 is 0 Å². The Morgan fingerprint density at radius 3 is 1.69 bits per heavy atom. The number of hydrogen-bond acceptors (Lipinski definition) is 1. The molecular weight excluding hydrogens is 424 g/mol. The van der Waals surface area contributed by atoms with Crippen LogP contribution < -0.4 is 4.74 Å². The topological polar surface area (TPSA) is 9.23 Å². The van der Waals surface area contributed by atoms with Crippen LogP contribution in [0.2, 0.25) is 0 Å². The zero-order chi connectivity index (χ0) is 22.9. The van der Waals surface area contributed by atoms with Gasteiger partial charge in [-0.2, -0.15) is 0 Å². The third-order valence-corrected chi connectivity index (χ3v) is 7.40. The molecule has 0 saturated heterocycles. The number of ether oxygens (including phenoxy) is 1. The highest BCUT2D eigenvalue weighted by Crippen LogP contribution is 2.51. The van der Waals surface area contributed by atoms with Crippen LogP contribution >= 0.6 is 0 Å². The summed E-state index contributed by atoms with van der Waals surface area (Å²) in [5, 5.41) is 9.95. The molecule has 0 atom stereocenters. The maximum atomic E-state index is 6.67. The van der Waals surface area contributed by atoms with Gasteiger partial charge in [0.2, 0.25) is 0 Å². The van der Waals surface area contributed by atoms with E-state index in [-0.39, 0.29) is 0 Å². The van der Waals surface area contributed by atoms with Gasteiger partial charge in [-0.1, -0.05) is 103 Å². The van der Waals surface area contributed by atoms with Crippen LogP contribution in [0.4, 0.5) is 0 Å². The molecule has 1 aliphatic heterocycles. The average molecular weight is 445 g/mol. The quantitative estimate of drug-likeness (QED) is 0.181. The molecule has 0 aromatic heterocycles. The van der Waals surface area contributed by atoms with Crippen LogP contribution in [0.1, 0.15) is 0 Å². The minimum Gasteiger partial charge on any atom is -0.455 e. The largest absolute Gasteiger partial charge is 0.455 e. The lowest BCUT2D eigenvalue weighted by molar-refractivity contribution is 0.489. The molecule has 8 rings (SSSR count). The fourth-order valence-electron chi connectivity index (χ4n) is 5.82. The fraction of sp³-hybridized carbons (Fsp3) is 0. The molecule has 1 nitrogen and oxygen atoms in total. The SMILES string of the molecule is c1cc2c(c(-c3cccc4ccc5cc6ccccc6cc5c34)c1)Oc1cccc3cccc-2c13. The van der Waals surface area contributed by atoms with Crippen molar-refractivity contribution < 1.29 is 4.74 Å². The van der Waals surface area contributed by atoms with Crippen LogP contribution in [0.15, 0.2) is 121 Å². The lowest BCUT2D eigenvalue weighted by Gasteiger charge is -2.24. The van der Waals surface area contributed by atoms with Crippen LogP contribution in [-0.4, -0.2) is 0 Å². The van der Waals surface area contributed by atoms with Crippen molar-refractivity contribution >= 4 is 43.1 Å². The number of hydrogen-bond donors (Lipinski definition) is 0. The first-order chi connectivity index (χ1) is 17.3. The summed E-state index contributed by atoms with van der Waals surface area (Å²) >= 11 is 0. The molecule has 1 aliphatic rings. The summed E-state index contributed by atoms with van der Waals surface area (Å²) in [6.45, 7) is 0. The van der Waals surface area contributed by atoms with Gasteiger partial charge >= 0.3 is 0 Å². The van der Waals surface area contributed by atoms with Crippen LogP contribution in [-0.2, 0) is 0 Å². The Bertz CT molecular complexity index is 1970. The minimum absolute atomic E-state index is 0.925. The average Bonchev–Trinajstić information content (AvgIpc) is 2.91. The molecule has 0 fully saturated rings. The highest BCUT2D eigenvalue weighted by Gasteiger charge is 2.23. The Kier molecular flexibility index (Phi) is 3.72. The molecule has 0 amide bonds. The Balaban J connectivity index is 1.47. The van der Waals surface area contributed by atoms with Crippen LogP contribution in [0, 0.1) is 0 Å². The lowest BCUT2D eigenvalue weighted by atomic mass is 9.88. The van der Waals surface area contributed by atoms with Gasteiger partial charge < -0.3 is 4.74 Å². The van der Waals surface area contributed by atoms with Crippen LogP contribution in [0.25, 0.3) is 65.3 Å². The van der Waals surface area contributed by atoms with Gasteiger partial charge in [0.15, 0.2) is 0 Å². The monoisotopic (exact) mass is 444 g/mol. The third kappa shape index (κ3) is 2.64. The van der Waals surface area contributed by atoms with E-state index in [1.807, 2.05) is 0 Å². The summed E-state index contributed by atoms with van der Waals surface area (Å²) < 4.78 is 6.67. The van der Waals surface area contributed by atoms with E-state index in [1.165, 1.54) is 54.2 Å². The molecular formula is C34H20O. The smallest absolute Gasteiger partial charge is 0.143 e. The second kappa shape index (κ2) is 6.94.